The molecule has 108 valence electrons. The Balaban J connectivity index is 2.38. The third-order valence-electron chi connectivity index (χ3n) is 2.96. The smallest absolute Gasteiger partial charge is 0.242 e. The van der Waals surface area contributed by atoms with Crippen molar-refractivity contribution in [2.24, 2.45) is 0 Å². The molecule has 1 aliphatic heterocycles. The van der Waals surface area contributed by atoms with E-state index in [9.17, 15) is 13.2 Å². The van der Waals surface area contributed by atoms with Crippen molar-refractivity contribution in [3.63, 3.8) is 0 Å². The number of carbonyl (C=O) groups excluding carboxylic acids is 1. The summed E-state index contributed by atoms with van der Waals surface area (Å²) in [5.74, 6) is -0.125. The van der Waals surface area contributed by atoms with Crippen LogP contribution in [0.1, 0.15) is 0 Å². The Morgan fingerprint density at radius 3 is 2.80 bits per heavy atom. The number of sulfone groups is 1. The minimum Gasteiger partial charge on any atom is -0.497 e. The molecule has 0 aliphatic carbocycles. The van der Waals surface area contributed by atoms with E-state index in [1.165, 1.54) is 18.1 Å². The maximum absolute atomic E-state index is 12.0. The third-order valence-corrected chi connectivity index (χ3v) is 4.56. The van der Waals surface area contributed by atoms with E-state index in [1.54, 1.807) is 24.3 Å². The second-order valence-corrected chi connectivity index (χ2v) is 6.52. The Morgan fingerprint density at radius 1 is 1.50 bits per heavy atom. The van der Waals surface area contributed by atoms with E-state index in [4.69, 9.17) is 16.3 Å². The van der Waals surface area contributed by atoms with Gasteiger partial charge in [-0.15, -0.1) is 11.6 Å². The number of amides is 1. The van der Waals surface area contributed by atoms with Gasteiger partial charge in [-0.05, 0) is 18.2 Å². The topological polar surface area (TPSA) is 63.7 Å². The van der Waals surface area contributed by atoms with E-state index in [2.05, 4.69) is 0 Å². The summed E-state index contributed by atoms with van der Waals surface area (Å²) in [5, 5.41) is 1.13. The molecule has 0 saturated heterocycles. The monoisotopic (exact) mass is 315 g/mol. The lowest BCUT2D eigenvalue weighted by atomic mass is 10.2. The van der Waals surface area contributed by atoms with Gasteiger partial charge in [0.15, 0.2) is 9.84 Å². The first-order valence-electron chi connectivity index (χ1n) is 5.90. The fraction of sp³-hybridized carbons (Fsp3) is 0.308. The van der Waals surface area contributed by atoms with Gasteiger partial charge in [0.05, 0.1) is 18.9 Å². The molecule has 1 heterocycles. The number of anilines is 1. The van der Waals surface area contributed by atoms with Gasteiger partial charge in [0.1, 0.15) is 11.6 Å². The number of methoxy groups -OCH3 is 1. The molecule has 0 bridgehead atoms. The summed E-state index contributed by atoms with van der Waals surface area (Å²) in [6.07, 6.45) is 1.50. The molecule has 0 radical (unpaired) electrons. The lowest BCUT2D eigenvalue weighted by molar-refractivity contribution is -0.116. The van der Waals surface area contributed by atoms with Crippen LogP contribution >= 0.6 is 11.6 Å². The molecule has 1 atom stereocenters. The molecule has 1 amide bonds. The predicted molar refractivity (Wildman–Crippen MR) is 77.9 cm³/mol. The number of carbonyl (C=O) groups is 1. The average Bonchev–Trinajstić information content (AvgIpc) is 2.79. The SMILES string of the molecule is COc1cccc(N(C(=O)CCl)[C@@H]2C=CS(=O)(=O)C2)c1. The normalized spacial score (nSPS) is 19.8. The number of hydrogen-bond acceptors (Lipinski definition) is 4. The quantitative estimate of drug-likeness (QED) is 0.791. The number of hydrogen-bond donors (Lipinski definition) is 0. The number of nitrogens with zero attached hydrogens (tertiary/aromatic N) is 1. The van der Waals surface area contributed by atoms with Gasteiger partial charge in [0.2, 0.25) is 5.91 Å². The number of rotatable bonds is 4. The fourth-order valence-electron chi connectivity index (χ4n) is 2.07. The molecule has 0 fully saturated rings. The van der Waals surface area contributed by atoms with Crippen LogP contribution in [-0.2, 0) is 14.6 Å². The summed E-state index contributed by atoms with van der Waals surface area (Å²) < 4.78 is 28.2. The van der Waals surface area contributed by atoms with Crippen molar-refractivity contribution in [3.05, 3.63) is 35.7 Å². The number of benzene rings is 1. The summed E-state index contributed by atoms with van der Waals surface area (Å²) in [5.41, 5.74) is 0.557. The highest BCUT2D eigenvalue weighted by Gasteiger charge is 2.31. The minimum absolute atomic E-state index is 0.132. The van der Waals surface area contributed by atoms with Gasteiger partial charge in [-0.3, -0.25) is 4.79 Å². The summed E-state index contributed by atoms with van der Waals surface area (Å²) in [4.78, 5) is 13.4. The van der Waals surface area contributed by atoms with E-state index in [1.807, 2.05) is 0 Å². The van der Waals surface area contributed by atoms with Crippen LogP contribution in [-0.4, -0.2) is 39.1 Å². The average molecular weight is 316 g/mol. The van der Waals surface area contributed by atoms with Crippen molar-refractivity contribution in [1.82, 2.24) is 0 Å². The fourth-order valence-corrected chi connectivity index (χ4v) is 3.46. The zero-order valence-corrected chi connectivity index (χ0v) is 12.4. The van der Waals surface area contributed by atoms with Crippen LogP contribution in [0.25, 0.3) is 0 Å². The van der Waals surface area contributed by atoms with E-state index in [0.29, 0.717) is 11.4 Å². The first-order valence-corrected chi connectivity index (χ1v) is 8.15. The third kappa shape index (κ3) is 3.13. The number of alkyl halides is 1. The first kappa shape index (κ1) is 14.9. The van der Waals surface area contributed by atoms with Crippen LogP contribution in [0.3, 0.4) is 0 Å². The molecule has 5 nitrogen and oxygen atoms in total. The highest BCUT2D eigenvalue weighted by Crippen LogP contribution is 2.26. The molecule has 1 aromatic carbocycles. The second-order valence-electron chi connectivity index (χ2n) is 4.32. The summed E-state index contributed by atoms with van der Waals surface area (Å²) >= 11 is 5.62. The maximum atomic E-state index is 12.0. The Kier molecular flexibility index (Phi) is 4.35. The van der Waals surface area contributed by atoms with Gasteiger partial charge >= 0.3 is 0 Å². The van der Waals surface area contributed by atoms with Crippen molar-refractivity contribution < 1.29 is 17.9 Å². The van der Waals surface area contributed by atoms with Crippen molar-refractivity contribution in [2.75, 3.05) is 23.6 Å². The van der Waals surface area contributed by atoms with Gasteiger partial charge in [0, 0.05) is 17.2 Å². The molecule has 0 aromatic heterocycles. The molecule has 1 aromatic rings. The number of halogens is 1. The zero-order chi connectivity index (χ0) is 14.8. The minimum atomic E-state index is -3.25. The lowest BCUT2D eigenvalue weighted by Gasteiger charge is -2.27. The van der Waals surface area contributed by atoms with E-state index >= 15 is 0 Å². The van der Waals surface area contributed by atoms with Crippen LogP contribution in [0.4, 0.5) is 5.69 Å². The van der Waals surface area contributed by atoms with Crippen LogP contribution < -0.4 is 9.64 Å². The molecular weight excluding hydrogens is 302 g/mol. The molecule has 0 spiro atoms. The van der Waals surface area contributed by atoms with Gasteiger partial charge in [-0.1, -0.05) is 6.07 Å². The second kappa shape index (κ2) is 5.85. The Hall–Kier alpha value is -1.53. The first-order chi connectivity index (χ1) is 9.46. The summed E-state index contributed by atoms with van der Waals surface area (Å²) in [6, 6.07) is 6.32. The molecule has 0 saturated carbocycles. The number of ether oxygens (including phenoxy) is 1. The summed E-state index contributed by atoms with van der Waals surface area (Å²) in [6.45, 7) is 0. The van der Waals surface area contributed by atoms with Crippen molar-refractivity contribution in [2.45, 2.75) is 6.04 Å². The maximum Gasteiger partial charge on any atom is 0.242 e. The molecular formula is C13H14ClNO4S. The van der Waals surface area contributed by atoms with Crippen molar-refractivity contribution in [3.8, 4) is 5.75 Å². The highest BCUT2D eigenvalue weighted by atomic mass is 35.5. The molecule has 0 N–H and O–H groups in total. The van der Waals surface area contributed by atoms with Crippen LogP contribution in [0, 0.1) is 0 Å². The van der Waals surface area contributed by atoms with Crippen molar-refractivity contribution >= 4 is 33.0 Å². The predicted octanol–water partition coefficient (Wildman–Crippen LogP) is 1.58. The molecule has 20 heavy (non-hydrogen) atoms. The summed E-state index contributed by atoms with van der Waals surface area (Å²) in [7, 11) is -1.73. The highest BCUT2D eigenvalue weighted by molar-refractivity contribution is 7.94. The van der Waals surface area contributed by atoms with Gasteiger partial charge < -0.3 is 9.64 Å². The van der Waals surface area contributed by atoms with Crippen molar-refractivity contribution in [1.29, 1.82) is 0 Å². The van der Waals surface area contributed by atoms with Crippen LogP contribution in [0.2, 0.25) is 0 Å². The largest absolute Gasteiger partial charge is 0.497 e. The molecule has 2 rings (SSSR count). The zero-order valence-electron chi connectivity index (χ0n) is 10.8. The molecule has 0 unspecified atom stereocenters. The standard InChI is InChI=1S/C13H14ClNO4S/c1-19-12-4-2-3-10(7-12)15(13(16)8-14)11-5-6-20(17,18)9-11/h2-7,11H,8-9H2,1H3/t11-/m1/s1. The van der Waals surface area contributed by atoms with Gasteiger partial charge in [-0.25, -0.2) is 8.42 Å². The molecule has 1 aliphatic rings. The van der Waals surface area contributed by atoms with Crippen LogP contribution in [0.15, 0.2) is 35.7 Å². The van der Waals surface area contributed by atoms with E-state index in [0.717, 1.165) is 5.41 Å². The Labute approximate surface area is 122 Å². The lowest BCUT2D eigenvalue weighted by Crippen LogP contribution is -2.42. The Bertz CT molecular complexity index is 642. The molecule has 7 heteroatoms. The van der Waals surface area contributed by atoms with Crippen LogP contribution in [0.5, 0.6) is 5.75 Å². The van der Waals surface area contributed by atoms with Gasteiger partial charge in [0.25, 0.3) is 0 Å². The van der Waals surface area contributed by atoms with Gasteiger partial charge in [-0.2, -0.15) is 0 Å². The van der Waals surface area contributed by atoms with E-state index in [-0.39, 0.29) is 17.5 Å². The van der Waals surface area contributed by atoms with E-state index < -0.39 is 15.9 Å². The Morgan fingerprint density at radius 2 is 2.25 bits per heavy atom.